The average molecular weight is 1030 g/mol. The number of amides is 2. The molecule has 71 heavy (non-hydrogen) atoms. The van der Waals surface area contributed by atoms with Crippen molar-refractivity contribution in [3.8, 4) is 0 Å². The van der Waals surface area contributed by atoms with Crippen LogP contribution < -0.4 is 21.3 Å². The maximum Gasteiger partial charge on any atom is 0.410 e. The molecule has 0 radical (unpaired) electrons. The molecule has 6 rings (SSSR count). The van der Waals surface area contributed by atoms with Crippen LogP contribution in [0.4, 0.5) is 19.8 Å². The van der Waals surface area contributed by atoms with Gasteiger partial charge in [-0.25, -0.2) is 46.7 Å². The minimum absolute atomic E-state index is 0.191. The first-order valence-electron chi connectivity index (χ1n) is 23.6. The summed E-state index contributed by atoms with van der Waals surface area (Å²) in [5.41, 5.74) is 5.61. The lowest BCUT2D eigenvalue weighted by Gasteiger charge is -2.33. The van der Waals surface area contributed by atoms with E-state index in [4.69, 9.17) is 20.3 Å². The third kappa shape index (κ3) is 17.7. The van der Waals surface area contributed by atoms with E-state index in [1.54, 1.807) is 24.5 Å². The summed E-state index contributed by atoms with van der Waals surface area (Å²) in [6.45, 7) is 25.0. The highest BCUT2D eigenvalue weighted by molar-refractivity contribution is 7.89. The number of carbonyl (C=O) groups excluding carboxylic acids is 2. The predicted octanol–water partition coefficient (Wildman–Crippen LogP) is 8.21. The first kappa shape index (κ1) is 58.2. The molecule has 2 unspecified atom stereocenters. The van der Waals surface area contributed by atoms with Gasteiger partial charge in [-0.2, -0.15) is 4.39 Å². The molecule has 4 aromatic rings. The van der Waals surface area contributed by atoms with E-state index >= 15 is 0 Å². The third-order valence-corrected chi connectivity index (χ3v) is 13.8. The number of nitrogens with one attached hydrogen (secondary N) is 1. The Kier molecular flexibility index (Phi) is 18.5. The smallest absolute Gasteiger partial charge is 0.410 e. The van der Waals surface area contributed by atoms with Crippen molar-refractivity contribution in [2.45, 2.75) is 165 Å². The topological polar surface area (TPSA) is 269 Å². The van der Waals surface area contributed by atoms with Crippen LogP contribution in [0.3, 0.4) is 0 Å². The monoisotopic (exact) mass is 1030 g/mol. The van der Waals surface area contributed by atoms with E-state index < -0.39 is 53.3 Å². The van der Waals surface area contributed by atoms with E-state index in [1.807, 2.05) is 102 Å². The number of hydrogen-bond acceptors (Lipinski definition) is 14. The molecule has 21 heteroatoms. The molecule has 0 bridgehead atoms. The molecule has 2 amide bonds. The van der Waals surface area contributed by atoms with Crippen LogP contribution >= 0.6 is 0 Å². The number of halogens is 1. The zero-order chi connectivity index (χ0) is 53.4. The number of nitrogens with zero attached hydrogens (tertiary/aromatic N) is 6. The van der Waals surface area contributed by atoms with E-state index in [2.05, 4.69) is 58.1 Å². The molecule has 18 nitrogen and oxygen atoms in total. The van der Waals surface area contributed by atoms with Crippen molar-refractivity contribution in [2.24, 2.45) is 27.8 Å². The number of likely N-dealkylation sites (tertiary alicyclic amines) is 2. The molecular formula is C50H75FN10O8S2. The van der Waals surface area contributed by atoms with Gasteiger partial charge < -0.3 is 30.3 Å². The summed E-state index contributed by atoms with van der Waals surface area (Å²) in [6, 6.07) is 19.6. The molecule has 2 aliphatic heterocycles. The van der Waals surface area contributed by atoms with E-state index in [0.717, 1.165) is 62.2 Å². The van der Waals surface area contributed by atoms with Gasteiger partial charge >= 0.3 is 12.2 Å². The number of pyridine rings is 4. The van der Waals surface area contributed by atoms with Gasteiger partial charge in [0.1, 0.15) is 17.0 Å². The Balaban J connectivity index is 0.000000263. The first-order chi connectivity index (χ1) is 32.5. The van der Waals surface area contributed by atoms with E-state index in [1.165, 1.54) is 12.1 Å². The zero-order valence-electron chi connectivity index (χ0n) is 43.3. The Bertz CT molecular complexity index is 2650. The number of aromatic nitrogens is 4. The molecule has 0 aliphatic carbocycles. The number of hydrogen-bond donors (Lipinski definition) is 4. The van der Waals surface area contributed by atoms with Gasteiger partial charge in [0.15, 0.2) is 10.1 Å². The van der Waals surface area contributed by atoms with Gasteiger partial charge in [-0.05, 0) is 182 Å². The Morgan fingerprint density at radius 2 is 1.10 bits per heavy atom. The highest BCUT2D eigenvalue weighted by atomic mass is 32.2. The molecule has 4 atom stereocenters. The van der Waals surface area contributed by atoms with Crippen LogP contribution in [0.5, 0.6) is 0 Å². The molecule has 6 heterocycles. The van der Waals surface area contributed by atoms with E-state index in [0.29, 0.717) is 24.7 Å². The van der Waals surface area contributed by atoms with Crippen LogP contribution in [0.1, 0.15) is 133 Å². The number of sulfonamides is 2. The molecule has 2 aliphatic rings. The van der Waals surface area contributed by atoms with Crippen LogP contribution in [-0.2, 0) is 40.6 Å². The van der Waals surface area contributed by atoms with Gasteiger partial charge in [0.05, 0.1) is 22.5 Å². The summed E-state index contributed by atoms with van der Waals surface area (Å²) in [6.07, 6.45) is 8.12. The van der Waals surface area contributed by atoms with E-state index in [9.17, 15) is 30.8 Å². The second-order valence-corrected chi connectivity index (χ2v) is 25.1. The number of rotatable bonds is 12. The standard InChI is InChI=1S/C25H37N5O4S.C20H33N3O2.C5H5FN2O2S/c1-23(2,3)34-22(31)30-17-18(16-24(30,4)5)13-14-25(6,19-10-7-8-15-27-19)29-20-11-9-12-21(28-20)35(26,32)33;1-18(2,3)25-17(24)23-14-15(13-19(23,4)5)10-11-20(6,21)16-9-7-8-12-22-16;6-4-2-1-3-5(8-4)11(7,9)10/h7-12,15,18H,13-14,16-17H2,1-6H3,(H,28,29)(H2,26,32,33);7-9,12,15H,10-11,13-14,21H2,1-6H3;1-3H,(H2,7,9,10)/t18-,25?;15-,20?;/m00./s1. The normalized spacial score (nSPS) is 19.4. The minimum atomic E-state index is -3.93. The summed E-state index contributed by atoms with van der Waals surface area (Å²) in [5, 5.41) is 12.7. The Hall–Kier alpha value is -5.35. The van der Waals surface area contributed by atoms with Gasteiger partial charge in [0, 0.05) is 36.6 Å². The van der Waals surface area contributed by atoms with Crippen LogP contribution in [0.15, 0.2) is 95.2 Å². The van der Waals surface area contributed by atoms with Crippen molar-refractivity contribution in [1.29, 1.82) is 0 Å². The number of carbonyl (C=O) groups is 2. The van der Waals surface area contributed by atoms with Crippen molar-refractivity contribution in [2.75, 3.05) is 18.4 Å². The maximum absolute atomic E-state index is 12.8. The van der Waals surface area contributed by atoms with Gasteiger partial charge in [0.25, 0.3) is 20.0 Å². The van der Waals surface area contributed by atoms with Crippen LogP contribution in [0.25, 0.3) is 0 Å². The summed E-state index contributed by atoms with van der Waals surface area (Å²) in [5.74, 6) is 0.225. The third-order valence-electron chi connectivity index (χ3n) is 12.2. The molecule has 4 aromatic heterocycles. The summed E-state index contributed by atoms with van der Waals surface area (Å²) >= 11 is 0. The van der Waals surface area contributed by atoms with Crippen molar-refractivity contribution >= 4 is 38.1 Å². The first-order valence-corrected chi connectivity index (χ1v) is 26.7. The van der Waals surface area contributed by atoms with Crippen molar-refractivity contribution in [1.82, 2.24) is 29.7 Å². The van der Waals surface area contributed by atoms with Crippen LogP contribution in [0, 0.1) is 17.8 Å². The minimum Gasteiger partial charge on any atom is -0.444 e. The molecule has 0 saturated carbocycles. The second kappa shape index (κ2) is 22.6. The van der Waals surface area contributed by atoms with Crippen LogP contribution in [0.2, 0.25) is 0 Å². The predicted molar refractivity (Wildman–Crippen MR) is 271 cm³/mol. The van der Waals surface area contributed by atoms with E-state index in [-0.39, 0.29) is 34.2 Å². The van der Waals surface area contributed by atoms with Crippen molar-refractivity contribution in [3.63, 3.8) is 0 Å². The largest absolute Gasteiger partial charge is 0.444 e. The molecule has 0 aromatic carbocycles. The Morgan fingerprint density at radius 3 is 1.51 bits per heavy atom. The van der Waals surface area contributed by atoms with Gasteiger partial charge in [-0.15, -0.1) is 0 Å². The van der Waals surface area contributed by atoms with Gasteiger partial charge in [-0.3, -0.25) is 9.97 Å². The fraction of sp³-hybridized carbons (Fsp3) is 0.560. The fourth-order valence-corrected chi connectivity index (χ4v) is 9.66. The lowest BCUT2D eigenvalue weighted by atomic mass is 9.85. The maximum atomic E-state index is 12.8. The Morgan fingerprint density at radius 1 is 0.662 bits per heavy atom. The zero-order valence-corrected chi connectivity index (χ0v) is 44.9. The number of primary sulfonamides is 2. The summed E-state index contributed by atoms with van der Waals surface area (Å²) < 4.78 is 68.1. The highest BCUT2D eigenvalue weighted by Crippen LogP contribution is 2.40. The molecule has 7 N–H and O–H groups in total. The lowest BCUT2D eigenvalue weighted by molar-refractivity contribution is 0.0118. The van der Waals surface area contributed by atoms with Crippen molar-refractivity contribution < 1.29 is 40.3 Å². The highest BCUT2D eigenvalue weighted by Gasteiger charge is 2.45. The number of nitrogens with two attached hydrogens (primary N) is 3. The average Bonchev–Trinajstić information content (AvgIpc) is 3.74. The summed E-state index contributed by atoms with van der Waals surface area (Å²) in [4.78, 5) is 45.3. The van der Waals surface area contributed by atoms with Crippen molar-refractivity contribution in [3.05, 3.63) is 103 Å². The molecule has 2 fully saturated rings. The summed E-state index contributed by atoms with van der Waals surface area (Å²) in [7, 11) is -7.80. The SMILES string of the molecule is CC(C)(C)OC(=O)N1C[C@@H](CCC(C)(N)c2ccccn2)CC1(C)C.CC(C)(C)OC(=O)N1C[C@@H](CCC(C)(Nc2cccc(S(N)(=O)=O)n2)c2ccccn2)CC1(C)C.NS(=O)(=O)c1cccc(F)n1. The molecule has 2 saturated heterocycles. The van der Waals surface area contributed by atoms with Gasteiger partial charge in [0.2, 0.25) is 5.95 Å². The molecular weight excluding hydrogens is 952 g/mol. The lowest BCUT2D eigenvalue weighted by Crippen LogP contribution is -2.45. The number of anilines is 1. The Labute approximate surface area is 420 Å². The molecule has 0 spiro atoms. The molecule has 392 valence electrons. The van der Waals surface area contributed by atoms with Crippen LogP contribution in [-0.4, -0.2) is 94.1 Å². The second-order valence-electron chi connectivity index (χ2n) is 22.1. The van der Waals surface area contributed by atoms with Gasteiger partial charge in [-0.1, -0.05) is 24.3 Å². The number of ether oxygens (including phenoxy) is 2. The fourth-order valence-electron chi connectivity index (χ4n) is 8.68. The quantitative estimate of drug-likeness (QED) is 0.0975.